The standard InChI is InChI=1S/C25H24ClN3O3S/c1-5-32-24(31)21-15(2)27-25-29(22(21)18-8-6-7-9-19(18)26)23(30)20(33-25)14-16-10-12-17(13-11-16)28(3)4/h6-14,22H,5H2,1-4H3/b20-14+/t22-/m0/s1. The molecule has 0 fully saturated rings. The molecule has 1 aromatic heterocycles. The molecule has 0 radical (unpaired) electrons. The smallest absolute Gasteiger partial charge is 0.338 e. The van der Waals surface area contributed by atoms with E-state index in [1.54, 1.807) is 24.5 Å². The Kier molecular flexibility index (Phi) is 6.54. The minimum Gasteiger partial charge on any atom is -0.463 e. The van der Waals surface area contributed by atoms with E-state index in [0.717, 1.165) is 11.3 Å². The fourth-order valence-electron chi connectivity index (χ4n) is 3.80. The van der Waals surface area contributed by atoms with Gasteiger partial charge in [0, 0.05) is 24.8 Å². The molecule has 2 heterocycles. The molecule has 0 unspecified atom stereocenters. The third kappa shape index (κ3) is 4.38. The molecule has 0 spiro atoms. The Bertz CT molecular complexity index is 1420. The van der Waals surface area contributed by atoms with Crippen molar-refractivity contribution in [3.05, 3.63) is 95.6 Å². The summed E-state index contributed by atoms with van der Waals surface area (Å²) in [4.78, 5) is 33.6. The van der Waals surface area contributed by atoms with Gasteiger partial charge in [-0.1, -0.05) is 53.3 Å². The molecule has 1 aliphatic heterocycles. The topological polar surface area (TPSA) is 63.9 Å². The van der Waals surface area contributed by atoms with Gasteiger partial charge in [-0.05, 0) is 49.2 Å². The lowest BCUT2D eigenvalue weighted by Crippen LogP contribution is -2.40. The largest absolute Gasteiger partial charge is 0.463 e. The van der Waals surface area contributed by atoms with Crippen molar-refractivity contribution in [2.75, 3.05) is 25.6 Å². The molecule has 3 aromatic rings. The van der Waals surface area contributed by atoms with Gasteiger partial charge in [-0.2, -0.15) is 0 Å². The maximum Gasteiger partial charge on any atom is 0.338 e. The Morgan fingerprint density at radius 2 is 1.91 bits per heavy atom. The van der Waals surface area contributed by atoms with Crippen LogP contribution in [0.4, 0.5) is 5.69 Å². The van der Waals surface area contributed by atoms with E-state index in [0.29, 0.717) is 31.2 Å². The second-order valence-electron chi connectivity index (χ2n) is 7.81. The molecule has 1 aliphatic rings. The predicted octanol–water partition coefficient (Wildman–Crippen LogP) is 3.52. The monoisotopic (exact) mass is 481 g/mol. The second-order valence-corrected chi connectivity index (χ2v) is 9.23. The van der Waals surface area contributed by atoms with Crippen LogP contribution in [0.15, 0.2) is 69.6 Å². The molecule has 1 atom stereocenters. The van der Waals surface area contributed by atoms with Crippen molar-refractivity contribution >= 4 is 40.7 Å². The number of hydrogen-bond acceptors (Lipinski definition) is 6. The summed E-state index contributed by atoms with van der Waals surface area (Å²) in [6, 6.07) is 14.4. The lowest BCUT2D eigenvalue weighted by atomic mass is 9.96. The van der Waals surface area contributed by atoms with Crippen LogP contribution in [0.2, 0.25) is 5.02 Å². The Morgan fingerprint density at radius 1 is 1.21 bits per heavy atom. The number of esters is 1. The summed E-state index contributed by atoms with van der Waals surface area (Å²) in [5, 5.41) is 0.466. The van der Waals surface area contributed by atoms with Gasteiger partial charge >= 0.3 is 5.97 Å². The molecule has 0 N–H and O–H groups in total. The van der Waals surface area contributed by atoms with Crippen molar-refractivity contribution in [1.82, 2.24) is 4.57 Å². The molecule has 170 valence electrons. The van der Waals surface area contributed by atoms with Crippen LogP contribution in [0.1, 0.15) is 31.0 Å². The maximum absolute atomic E-state index is 13.6. The summed E-state index contributed by atoms with van der Waals surface area (Å²) in [5.74, 6) is -0.503. The highest BCUT2D eigenvalue weighted by molar-refractivity contribution is 7.07. The highest BCUT2D eigenvalue weighted by Gasteiger charge is 2.34. The molecule has 0 aliphatic carbocycles. The van der Waals surface area contributed by atoms with E-state index >= 15 is 0 Å². The third-order valence-electron chi connectivity index (χ3n) is 5.42. The molecule has 0 amide bonds. The number of anilines is 1. The molecular weight excluding hydrogens is 458 g/mol. The van der Waals surface area contributed by atoms with E-state index in [-0.39, 0.29) is 12.2 Å². The predicted molar refractivity (Wildman–Crippen MR) is 133 cm³/mol. The Hall–Kier alpha value is -3.16. The number of carbonyl (C=O) groups excluding carboxylic acids is 1. The van der Waals surface area contributed by atoms with Gasteiger partial charge in [-0.3, -0.25) is 9.36 Å². The van der Waals surface area contributed by atoms with Gasteiger partial charge in [-0.25, -0.2) is 9.79 Å². The van der Waals surface area contributed by atoms with Crippen molar-refractivity contribution < 1.29 is 9.53 Å². The Morgan fingerprint density at radius 3 is 2.55 bits per heavy atom. The van der Waals surface area contributed by atoms with Crippen LogP contribution in [0.3, 0.4) is 0 Å². The zero-order valence-corrected chi connectivity index (χ0v) is 20.4. The lowest BCUT2D eigenvalue weighted by Gasteiger charge is -2.25. The van der Waals surface area contributed by atoms with Crippen molar-refractivity contribution in [2.45, 2.75) is 19.9 Å². The zero-order chi connectivity index (χ0) is 23.7. The van der Waals surface area contributed by atoms with Crippen LogP contribution < -0.4 is 19.8 Å². The van der Waals surface area contributed by atoms with Crippen LogP contribution >= 0.6 is 22.9 Å². The first-order chi connectivity index (χ1) is 15.8. The molecule has 33 heavy (non-hydrogen) atoms. The number of thiazole rings is 1. The zero-order valence-electron chi connectivity index (χ0n) is 18.8. The normalized spacial score (nSPS) is 15.8. The van der Waals surface area contributed by atoms with E-state index in [1.165, 1.54) is 11.3 Å². The molecule has 0 saturated heterocycles. The van der Waals surface area contributed by atoms with Gasteiger partial charge in [0.15, 0.2) is 4.80 Å². The van der Waals surface area contributed by atoms with E-state index in [1.807, 2.05) is 67.5 Å². The fraction of sp³-hybridized carbons (Fsp3) is 0.240. The summed E-state index contributed by atoms with van der Waals surface area (Å²) < 4.78 is 7.38. The summed E-state index contributed by atoms with van der Waals surface area (Å²) >= 11 is 7.81. The molecule has 0 bridgehead atoms. The molecule has 8 heteroatoms. The van der Waals surface area contributed by atoms with Crippen LogP contribution in [-0.4, -0.2) is 31.2 Å². The molecule has 4 rings (SSSR count). The first-order valence-corrected chi connectivity index (χ1v) is 11.7. The third-order valence-corrected chi connectivity index (χ3v) is 6.75. The molecular formula is C25H24ClN3O3S. The number of rotatable bonds is 5. The Labute approximate surface area is 200 Å². The maximum atomic E-state index is 13.6. The number of allylic oxidation sites excluding steroid dienone is 1. The number of nitrogens with zero attached hydrogens (tertiary/aromatic N) is 3. The number of fused-ring (bicyclic) bond motifs is 1. The summed E-state index contributed by atoms with van der Waals surface area (Å²) in [7, 11) is 3.95. The van der Waals surface area contributed by atoms with Gasteiger partial charge in [0.25, 0.3) is 5.56 Å². The Balaban J connectivity index is 1.92. The van der Waals surface area contributed by atoms with Crippen molar-refractivity contribution in [3.8, 4) is 0 Å². The highest BCUT2D eigenvalue weighted by Crippen LogP contribution is 2.34. The molecule has 0 saturated carbocycles. The molecule has 6 nitrogen and oxygen atoms in total. The van der Waals surface area contributed by atoms with Gasteiger partial charge in [0.2, 0.25) is 0 Å². The number of aromatic nitrogens is 1. The average molecular weight is 482 g/mol. The lowest BCUT2D eigenvalue weighted by molar-refractivity contribution is -0.139. The van der Waals surface area contributed by atoms with Crippen LogP contribution in [0.5, 0.6) is 0 Å². The van der Waals surface area contributed by atoms with Gasteiger partial charge in [-0.15, -0.1) is 0 Å². The van der Waals surface area contributed by atoms with Crippen molar-refractivity contribution in [1.29, 1.82) is 0 Å². The van der Waals surface area contributed by atoms with E-state index in [9.17, 15) is 9.59 Å². The van der Waals surface area contributed by atoms with E-state index in [2.05, 4.69) is 4.99 Å². The van der Waals surface area contributed by atoms with Crippen LogP contribution in [0.25, 0.3) is 6.08 Å². The fourth-order valence-corrected chi connectivity index (χ4v) is 5.09. The highest BCUT2D eigenvalue weighted by atomic mass is 35.5. The number of halogens is 1. The van der Waals surface area contributed by atoms with E-state index < -0.39 is 12.0 Å². The number of ether oxygens (including phenoxy) is 1. The summed E-state index contributed by atoms with van der Waals surface area (Å²) in [6.45, 7) is 3.72. The number of carbonyl (C=O) groups is 1. The van der Waals surface area contributed by atoms with Crippen LogP contribution in [0, 0.1) is 0 Å². The first-order valence-electron chi connectivity index (χ1n) is 10.5. The van der Waals surface area contributed by atoms with Gasteiger partial charge in [0.1, 0.15) is 6.04 Å². The van der Waals surface area contributed by atoms with Crippen molar-refractivity contribution in [2.24, 2.45) is 4.99 Å². The summed E-state index contributed by atoms with van der Waals surface area (Å²) in [5.41, 5.74) is 3.23. The van der Waals surface area contributed by atoms with Gasteiger partial charge < -0.3 is 9.64 Å². The summed E-state index contributed by atoms with van der Waals surface area (Å²) in [6.07, 6.45) is 1.84. The van der Waals surface area contributed by atoms with E-state index in [4.69, 9.17) is 16.3 Å². The first kappa shape index (κ1) is 23.0. The van der Waals surface area contributed by atoms with Gasteiger partial charge in [0.05, 0.1) is 22.4 Å². The second kappa shape index (κ2) is 9.37. The number of hydrogen-bond donors (Lipinski definition) is 0. The minimum atomic E-state index is -0.715. The SMILES string of the molecule is CCOC(=O)C1=C(C)N=c2s/c(=C/c3ccc(N(C)C)cc3)c(=O)n2[C@H]1c1ccccc1Cl. The molecule has 2 aromatic carbocycles. The quantitative estimate of drug-likeness (QED) is 0.523. The average Bonchev–Trinajstić information content (AvgIpc) is 3.08. The van der Waals surface area contributed by atoms with Crippen LogP contribution in [-0.2, 0) is 9.53 Å². The minimum absolute atomic E-state index is 0.220. The number of benzene rings is 2. The van der Waals surface area contributed by atoms with Crippen molar-refractivity contribution in [3.63, 3.8) is 0 Å².